The molecule has 1 amide bonds. The summed E-state index contributed by atoms with van der Waals surface area (Å²) in [7, 11) is 0. The van der Waals surface area contributed by atoms with E-state index in [1.54, 1.807) is 24.5 Å². The van der Waals surface area contributed by atoms with Crippen LogP contribution in [0.4, 0.5) is 11.6 Å². The Bertz CT molecular complexity index is 1310. The number of nitrogens with one attached hydrogen (secondary N) is 1. The molecule has 1 saturated carbocycles. The molecule has 33 heavy (non-hydrogen) atoms. The van der Waals surface area contributed by atoms with Gasteiger partial charge in [0.2, 0.25) is 0 Å². The molecule has 5 rings (SSSR count). The minimum Gasteiger partial charge on any atom is -0.393 e. The highest BCUT2D eigenvalue weighted by molar-refractivity contribution is 6.04. The number of aliphatic hydroxyl groups is 1. The van der Waals surface area contributed by atoms with E-state index >= 15 is 0 Å². The first-order chi connectivity index (χ1) is 16.0. The lowest BCUT2D eigenvalue weighted by Crippen LogP contribution is -2.18. The number of rotatable bonds is 4. The number of nitrogens with zero attached hydrogens (tertiary/aromatic N) is 4. The molecular formula is C25H26N6O2. The van der Waals surface area contributed by atoms with Gasteiger partial charge in [0.1, 0.15) is 23.0 Å². The Balaban J connectivity index is 1.40. The van der Waals surface area contributed by atoms with Crippen molar-refractivity contribution in [2.24, 2.45) is 0 Å². The van der Waals surface area contributed by atoms with Crippen molar-refractivity contribution in [3.8, 4) is 11.3 Å². The van der Waals surface area contributed by atoms with E-state index < -0.39 is 0 Å². The van der Waals surface area contributed by atoms with Gasteiger partial charge in [0.25, 0.3) is 5.91 Å². The van der Waals surface area contributed by atoms with Gasteiger partial charge in [-0.2, -0.15) is 0 Å². The van der Waals surface area contributed by atoms with E-state index in [-0.39, 0.29) is 17.9 Å². The lowest BCUT2D eigenvalue weighted by Gasteiger charge is -2.24. The molecule has 0 saturated heterocycles. The third-order valence-corrected chi connectivity index (χ3v) is 6.24. The monoisotopic (exact) mass is 442 g/mol. The summed E-state index contributed by atoms with van der Waals surface area (Å²) in [5, 5.41) is 12.7. The van der Waals surface area contributed by atoms with Crippen molar-refractivity contribution in [2.75, 3.05) is 11.1 Å². The molecule has 0 bridgehead atoms. The van der Waals surface area contributed by atoms with Gasteiger partial charge in [-0.3, -0.25) is 9.20 Å². The Morgan fingerprint density at radius 1 is 1.12 bits per heavy atom. The fourth-order valence-corrected chi connectivity index (χ4v) is 4.40. The topological polar surface area (TPSA) is 118 Å². The number of carbonyl (C=O) groups is 1. The summed E-state index contributed by atoms with van der Waals surface area (Å²) in [5.74, 6) is 1.95. The molecule has 3 heterocycles. The van der Waals surface area contributed by atoms with Gasteiger partial charge in [0.15, 0.2) is 0 Å². The molecule has 1 aliphatic carbocycles. The van der Waals surface area contributed by atoms with Gasteiger partial charge in [-0.25, -0.2) is 15.0 Å². The second-order valence-corrected chi connectivity index (χ2v) is 8.64. The SMILES string of the molecule is Cc1ccnc(NC(=O)c2ccc(-c3cn4c(C5CCC(O)CC5)ncc4c(N)n3)cc2)c1. The van der Waals surface area contributed by atoms with E-state index in [0.29, 0.717) is 22.9 Å². The van der Waals surface area contributed by atoms with Crippen molar-refractivity contribution in [3.63, 3.8) is 0 Å². The third-order valence-electron chi connectivity index (χ3n) is 6.24. The fourth-order valence-electron chi connectivity index (χ4n) is 4.40. The molecule has 8 nitrogen and oxygen atoms in total. The number of pyridine rings is 1. The summed E-state index contributed by atoms with van der Waals surface area (Å²) in [6, 6.07) is 11.0. The fraction of sp³-hybridized carbons (Fsp3) is 0.280. The van der Waals surface area contributed by atoms with E-state index in [0.717, 1.165) is 48.2 Å². The molecule has 4 aromatic rings. The number of imidazole rings is 1. The molecule has 0 atom stereocenters. The Morgan fingerprint density at radius 3 is 2.61 bits per heavy atom. The Labute approximate surface area is 191 Å². The summed E-state index contributed by atoms with van der Waals surface area (Å²) in [5.41, 5.74) is 10.2. The molecule has 1 fully saturated rings. The second kappa shape index (κ2) is 8.63. The molecule has 0 aliphatic heterocycles. The Hall–Kier alpha value is -3.78. The maximum Gasteiger partial charge on any atom is 0.256 e. The van der Waals surface area contributed by atoms with Gasteiger partial charge >= 0.3 is 0 Å². The molecule has 4 N–H and O–H groups in total. The van der Waals surface area contributed by atoms with Crippen LogP contribution in [0.25, 0.3) is 16.8 Å². The zero-order chi connectivity index (χ0) is 22.9. The van der Waals surface area contributed by atoms with Crippen molar-refractivity contribution in [2.45, 2.75) is 44.6 Å². The third kappa shape index (κ3) is 4.29. The quantitative estimate of drug-likeness (QED) is 0.440. The number of nitrogens with two attached hydrogens (primary N) is 1. The molecule has 168 valence electrons. The van der Waals surface area contributed by atoms with Crippen LogP contribution in [0.5, 0.6) is 0 Å². The van der Waals surface area contributed by atoms with Crippen LogP contribution in [0.1, 0.15) is 53.3 Å². The van der Waals surface area contributed by atoms with Crippen molar-refractivity contribution in [1.82, 2.24) is 19.4 Å². The number of aryl methyl sites for hydroxylation is 1. The zero-order valence-corrected chi connectivity index (χ0v) is 18.4. The number of aromatic nitrogens is 4. The average Bonchev–Trinajstić information content (AvgIpc) is 3.24. The molecule has 1 aliphatic rings. The van der Waals surface area contributed by atoms with Gasteiger partial charge < -0.3 is 16.2 Å². The number of amides is 1. The predicted molar refractivity (Wildman–Crippen MR) is 127 cm³/mol. The largest absolute Gasteiger partial charge is 0.393 e. The maximum absolute atomic E-state index is 12.6. The van der Waals surface area contributed by atoms with Crippen molar-refractivity contribution in [3.05, 3.63) is 71.9 Å². The zero-order valence-electron chi connectivity index (χ0n) is 18.4. The highest BCUT2D eigenvalue weighted by atomic mass is 16.3. The minimum atomic E-state index is -0.223. The van der Waals surface area contributed by atoms with Crippen LogP contribution >= 0.6 is 0 Å². The standard InChI is InChI=1S/C25H26N6O2/c1-15-10-11-27-22(12-15)30-25(33)18-4-2-16(3-5-18)20-14-31-21(23(26)29-20)13-28-24(31)17-6-8-19(32)9-7-17/h2-5,10-14,17,19,32H,6-9H2,1H3,(H2,26,29)(H,27,30,33). The van der Waals surface area contributed by atoms with Crippen LogP contribution in [-0.4, -0.2) is 36.5 Å². The second-order valence-electron chi connectivity index (χ2n) is 8.64. The first kappa shape index (κ1) is 21.1. The van der Waals surface area contributed by atoms with Crippen molar-refractivity contribution < 1.29 is 9.90 Å². The molecule has 0 radical (unpaired) electrons. The number of fused-ring (bicyclic) bond motifs is 1. The number of benzene rings is 1. The van der Waals surface area contributed by atoms with Crippen LogP contribution in [0.2, 0.25) is 0 Å². The van der Waals surface area contributed by atoms with E-state index in [1.807, 2.05) is 41.8 Å². The van der Waals surface area contributed by atoms with Crippen LogP contribution < -0.4 is 11.1 Å². The average molecular weight is 443 g/mol. The molecule has 3 aromatic heterocycles. The van der Waals surface area contributed by atoms with Gasteiger partial charge in [-0.1, -0.05) is 12.1 Å². The van der Waals surface area contributed by atoms with E-state index in [4.69, 9.17) is 5.73 Å². The van der Waals surface area contributed by atoms with E-state index in [2.05, 4.69) is 20.3 Å². The lowest BCUT2D eigenvalue weighted by atomic mass is 9.87. The molecule has 1 aromatic carbocycles. The van der Waals surface area contributed by atoms with Crippen LogP contribution in [-0.2, 0) is 0 Å². The summed E-state index contributed by atoms with van der Waals surface area (Å²) < 4.78 is 2.02. The molecule has 0 unspecified atom stereocenters. The van der Waals surface area contributed by atoms with E-state index in [9.17, 15) is 9.90 Å². The lowest BCUT2D eigenvalue weighted by molar-refractivity contribution is 0.102. The number of hydrogen-bond donors (Lipinski definition) is 3. The predicted octanol–water partition coefficient (Wildman–Crippen LogP) is 3.95. The van der Waals surface area contributed by atoms with Crippen molar-refractivity contribution in [1.29, 1.82) is 0 Å². The van der Waals surface area contributed by atoms with Gasteiger partial charge in [0, 0.05) is 29.4 Å². The first-order valence-electron chi connectivity index (χ1n) is 11.1. The number of carbonyl (C=O) groups excluding carboxylic acids is 1. The number of anilines is 2. The van der Waals surface area contributed by atoms with Crippen LogP contribution in [0.15, 0.2) is 55.0 Å². The van der Waals surface area contributed by atoms with Gasteiger partial charge in [-0.15, -0.1) is 0 Å². The summed E-state index contributed by atoms with van der Waals surface area (Å²) in [6.07, 6.45) is 8.54. The maximum atomic E-state index is 12.6. The molecule has 0 spiro atoms. The molecule has 8 heteroatoms. The number of hydrogen-bond acceptors (Lipinski definition) is 6. The van der Waals surface area contributed by atoms with E-state index in [1.165, 1.54) is 0 Å². The summed E-state index contributed by atoms with van der Waals surface area (Å²) >= 11 is 0. The first-order valence-corrected chi connectivity index (χ1v) is 11.1. The molecular weight excluding hydrogens is 416 g/mol. The summed E-state index contributed by atoms with van der Waals surface area (Å²) in [4.78, 5) is 26.0. The smallest absolute Gasteiger partial charge is 0.256 e. The van der Waals surface area contributed by atoms with Crippen molar-refractivity contribution >= 4 is 23.1 Å². The highest BCUT2D eigenvalue weighted by Gasteiger charge is 2.25. The van der Waals surface area contributed by atoms with Gasteiger partial charge in [0.05, 0.1) is 18.0 Å². The Kier molecular flexibility index (Phi) is 5.51. The normalized spacial score (nSPS) is 18.4. The van der Waals surface area contributed by atoms with Crippen LogP contribution in [0.3, 0.4) is 0 Å². The Morgan fingerprint density at radius 2 is 1.88 bits per heavy atom. The van der Waals surface area contributed by atoms with Gasteiger partial charge in [-0.05, 0) is 62.4 Å². The summed E-state index contributed by atoms with van der Waals surface area (Å²) in [6.45, 7) is 1.95. The minimum absolute atomic E-state index is 0.216. The van der Waals surface area contributed by atoms with Crippen LogP contribution in [0, 0.1) is 6.92 Å². The highest BCUT2D eigenvalue weighted by Crippen LogP contribution is 2.34. The number of nitrogen functional groups attached to an aromatic ring is 1. The number of aliphatic hydroxyl groups excluding tert-OH is 1.